The van der Waals surface area contributed by atoms with Gasteiger partial charge in [0.15, 0.2) is 5.79 Å². The summed E-state index contributed by atoms with van der Waals surface area (Å²) in [6.07, 6.45) is 44.1. The van der Waals surface area contributed by atoms with Crippen LogP contribution in [0.25, 0.3) is 0 Å². The molecule has 0 N–H and O–H groups in total. The Labute approximate surface area is 258 Å². The van der Waals surface area contributed by atoms with E-state index < -0.39 is 0 Å². The Morgan fingerprint density at radius 1 is 0.537 bits per heavy atom. The van der Waals surface area contributed by atoms with Gasteiger partial charge >= 0.3 is 0 Å². The first-order valence-corrected chi connectivity index (χ1v) is 18.4. The quantitative estimate of drug-likeness (QED) is 0.0628. The minimum absolute atomic E-state index is 0.224. The number of nitrogens with zero attached hydrogens (tertiary/aromatic N) is 1. The van der Waals surface area contributed by atoms with Gasteiger partial charge in [-0.25, -0.2) is 0 Å². The number of rotatable bonds is 30. The van der Waals surface area contributed by atoms with Gasteiger partial charge < -0.3 is 14.4 Å². The molecule has 0 radical (unpaired) electrons. The molecule has 0 amide bonds. The van der Waals surface area contributed by atoms with Crippen molar-refractivity contribution in [2.45, 2.75) is 193 Å². The second-order valence-corrected chi connectivity index (χ2v) is 13.2. The highest BCUT2D eigenvalue weighted by Crippen LogP contribution is 2.35. The summed E-state index contributed by atoms with van der Waals surface area (Å²) in [5, 5.41) is 0. The Kier molecular flexibility index (Phi) is 26.4. The number of ether oxygens (including phenoxy) is 2. The first-order valence-electron chi connectivity index (χ1n) is 18.4. The fourth-order valence-corrected chi connectivity index (χ4v) is 6.08. The fourth-order valence-electron chi connectivity index (χ4n) is 6.08. The van der Waals surface area contributed by atoms with E-state index in [4.69, 9.17) is 9.47 Å². The maximum atomic E-state index is 6.60. The van der Waals surface area contributed by atoms with E-state index in [1.807, 2.05) is 0 Å². The molecule has 1 atom stereocenters. The highest BCUT2D eigenvalue weighted by molar-refractivity contribution is 4.83. The third kappa shape index (κ3) is 23.5. The Morgan fingerprint density at radius 2 is 0.902 bits per heavy atom. The zero-order valence-corrected chi connectivity index (χ0v) is 28.4. The van der Waals surface area contributed by atoms with Crippen LogP contribution in [-0.4, -0.2) is 44.0 Å². The Bertz CT molecular complexity index is 561. The van der Waals surface area contributed by atoms with Crippen molar-refractivity contribution in [2.24, 2.45) is 0 Å². The third-order valence-electron chi connectivity index (χ3n) is 8.62. The lowest BCUT2D eigenvalue weighted by Crippen LogP contribution is -2.33. The lowest BCUT2D eigenvalue weighted by Gasteiger charge is -2.29. The summed E-state index contributed by atoms with van der Waals surface area (Å²) in [6.45, 7) is 6.29. The predicted molar refractivity (Wildman–Crippen MR) is 182 cm³/mol. The molecular formula is C38H73NO2. The topological polar surface area (TPSA) is 21.7 Å². The van der Waals surface area contributed by atoms with Crippen LogP contribution >= 0.6 is 0 Å². The molecule has 1 saturated heterocycles. The van der Waals surface area contributed by atoms with Gasteiger partial charge in [-0.05, 0) is 78.3 Å². The van der Waals surface area contributed by atoms with Crippen LogP contribution in [0.2, 0.25) is 0 Å². The minimum atomic E-state index is -0.319. The fraction of sp³-hybridized carbons (Fsp3) is 0.895. The van der Waals surface area contributed by atoms with Gasteiger partial charge in [-0.2, -0.15) is 0 Å². The van der Waals surface area contributed by atoms with Crippen LogP contribution in [0.4, 0.5) is 0 Å². The number of allylic oxidation sites excluding steroid dienone is 4. The van der Waals surface area contributed by atoms with Crippen LogP contribution in [0.1, 0.15) is 181 Å². The van der Waals surface area contributed by atoms with Crippen LogP contribution in [0, 0.1) is 0 Å². The van der Waals surface area contributed by atoms with Crippen LogP contribution in [0.5, 0.6) is 0 Å². The molecule has 0 spiro atoms. The SMILES string of the molecule is CCCCCCC/C=C\CCCCCCCC1(CCCCCCC/C=C\CCCCCCC)OC[C@H](CN(C)C)O1. The lowest BCUT2D eigenvalue weighted by molar-refractivity contribution is -0.180. The second kappa shape index (κ2) is 28.1. The summed E-state index contributed by atoms with van der Waals surface area (Å²) in [5.41, 5.74) is 0. The zero-order chi connectivity index (χ0) is 29.7. The molecule has 1 heterocycles. The normalized spacial score (nSPS) is 17.1. The molecule has 1 aliphatic heterocycles. The summed E-state index contributed by atoms with van der Waals surface area (Å²) in [7, 11) is 4.27. The molecule has 242 valence electrons. The molecule has 0 aromatic carbocycles. The number of likely N-dealkylation sites (N-methyl/N-ethyl adjacent to an activating group) is 1. The van der Waals surface area contributed by atoms with Crippen LogP contribution < -0.4 is 0 Å². The van der Waals surface area contributed by atoms with E-state index in [-0.39, 0.29) is 11.9 Å². The Balaban J connectivity index is 2.14. The number of unbranched alkanes of at least 4 members (excludes halogenated alkanes) is 20. The smallest absolute Gasteiger partial charge is 0.168 e. The molecule has 3 nitrogen and oxygen atoms in total. The van der Waals surface area contributed by atoms with Gasteiger partial charge in [0.25, 0.3) is 0 Å². The van der Waals surface area contributed by atoms with Gasteiger partial charge in [-0.3, -0.25) is 0 Å². The first-order chi connectivity index (χ1) is 20.1. The molecule has 1 aliphatic rings. The molecule has 41 heavy (non-hydrogen) atoms. The summed E-state index contributed by atoms with van der Waals surface area (Å²) in [6, 6.07) is 0. The largest absolute Gasteiger partial charge is 0.347 e. The van der Waals surface area contributed by atoms with Crippen molar-refractivity contribution >= 4 is 0 Å². The molecule has 0 unspecified atom stereocenters. The van der Waals surface area contributed by atoms with E-state index in [1.165, 1.54) is 154 Å². The molecule has 0 bridgehead atoms. The highest BCUT2D eigenvalue weighted by Gasteiger charge is 2.40. The standard InChI is InChI=1S/C38H73NO2/c1-5-7-9-11-13-15-17-19-21-23-25-27-29-31-33-38(40-36-37(41-38)35-39(3)4)34-32-30-28-26-24-22-20-18-16-14-12-10-8-6-2/h17-20,37H,5-16,21-36H2,1-4H3/b19-17-,20-18-/t37-/m0/s1. The third-order valence-corrected chi connectivity index (χ3v) is 8.62. The maximum absolute atomic E-state index is 6.60. The van der Waals surface area contributed by atoms with E-state index in [0.29, 0.717) is 0 Å². The monoisotopic (exact) mass is 576 g/mol. The van der Waals surface area contributed by atoms with Gasteiger partial charge in [0.2, 0.25) is 0 Å². The van der Waals surface area contributed by atoms with E-state index >= 15 is 0 Å². The molecule has 0 aliphatic carbocycles. The highest BCUT2D eigenvalue weighted by atomic mass is 16.7. The molecule has 0 aromatic heterocycles. The van der Waals surface area contributed by atoms with Crippen LogP contribution in [0.3, 0.4) is 0 Å². The van der Waals surface area contributed by atoms with Crippen molar-refractivity contribution in [1.29, 1.82) is 0 Å². The average Bonchev–Trinajstić information content (AvgIpc) is 3.35. The van der Waals surface area contributed by atoms with Crippen molar-refractivity contribution in [3.8, 4) is 0 Å². The lowest BCUT2D eigenvalue weighted by atomic mass is 9.99. The number of hydrogen-bond acceptors (Lipinski definition) is 3. The summed E-state index contributed by atoms with van der Waals surface area (Å²) < 4.78 is 13.0. The van der Waals surface area contributed by atoms with Crippen LogP contribution in [-0.2, 0) is 9.47 Å². The molecular weight excluding hydrogens is 502 g/mol. The summed E-state index contributed by atoms with van der Waals surface area (Å²) in [4.78, 5) is 2.23. The van der Waals surface area contributed by atoms with Gasteiger partial charge in [0, 0.05) is 19.4 Å². The number of hydrogen-bond donors (Lipinski definition) is 0. The summed E-state index contributed by atoms with van der Waals surface area (Å²) in [5.74, 6) is -0.319. The maximum Gasteiger partial charge on any atom is 0.168 e. The molecule has 1 fully saturated rings. The zero-order valence-electron chi connectivity index (χ0n) is 28.4. The van der Waals surface area contributed by atoms with Gasteiger partial charge in [-0.1, -0.05) is 128 Å². The van der Waals surface area contributed by atoms with E-state index in [0.717, 1.165) is 26.0 Å². The molecule has 3 heteroatoms. The van der Waals surface area contributed by atoms with Gasteiger partial charge in [-0.15, -0.1) is 0 Å². The van der Waals surface area contributed by atoms with Gasteiger partial charge in [0.1, 0.15) is 0 Å². The van der Waals surface area contributed by atoms with Crippen molar-refractivity contribution in [3.05, 3.63) is 24.3 Å². The van der Waals surface area contributed by atoms with E-state index in [1.54, 1.807) is 0 Å². The van der Waals surface area contributed by atoms with Crippen molar-refractivity contribution in [1.82, 2.24) is 4.90 Å². The molecule has 0 saturated carbocycles. The first kappa shape index (κ1) is 38.4. The van der Waals surface area contributed by atoms with Crippen molar-refractivity contribution in [2.75, 3.05) is 27.2 Å². The Morgan fingerprint density at radius 3 is 1.29 bits per heavy atom. The summed E-state index contributed by atoms with van der Waals surface area (Å²) >= 11 is 0. The van der Waals surface area contributed by atoms with Crippen LogP contribution in [0.15, 0.2) is 24.3 Å². The van der Waals surface area contributed by atoms with Crippen molar-refractivity contribution < 1.29 is 9.47 Å². The average molecular weight is 576 g/mol. The van der Waals surface area contributed by atoms with Gasteiger partial charge in [0.05, 0.1) is 12.7 Å². The van der Waals surface area contributed by atoms with E-state index in [2.05, 4.69) is 57.1 Å². The minimum Gasteiger partial charge on any atom is -0.347 e. The molecule has 1 rings (SSSR count). The Hall–Kier alpha value is -0.640. The predicted octanol–water partition coefficient (Wildman–Crippen LogP) is 12.0. The molecule has 0 aromatic rings. The second-order valence-electron chi connectivity index (χ2n) is 13.2. The van der Waals surface area contributed by atoms with E-state index in [9.17, 15) is 0 Å². The van der Waals surface area contributed by atoms with Crippen molar-refractivity contribution in [3.63, 3.8) is 0 Å².